The minimum atomic E-state index is -1.30. The molecule has 0 spiro atoms. The average Bonchev–Trinajstić information content (AvgIpc) is 2.72. The summed E-state index contributed by atoms with van der Waals surface area (Å²) < 4.78 is 13.1. The van der Waals surface area contributed by atoms with Crippen molar-refractivity contribution >= 4 is 6.09 Å². The molecular weight excluding hydrogens is 448 g/mol. The normalized spacial score (nSPS) is 13.9. The molecule has 0 fully saturated rings. The maximum Gasteiger partial charge on any atom is 0.430 e. The van der Waals surface area contributed by atoms with E-state index in [0.29, 0.717) is 0 Å². The van der Waals surface area contributed by atoms with Crippen LogP contribution in [0.5, 0.6) is 5.75 Å². The molecule has 8 nitrogen and oxygen atoms in total. The van der Waals surface area contributed by atoms with Gasteiger partial charge in [-0.15, -0.1) is 0 Å². The van der Waals surface area contributed by atoms with Crippen molar-refractivity contribution in [2.45, 2.75) is 79.2 Å². The average molecular weight is 489 g/mol. The van der Waals surface area contributed by atoms with Crippen LogP contribution in [0.25, 0.3) is 0 Å². The van der Waals surface area contributed by atoms with Crippen LogP contribution in [0, 0.1) is 11.8 Å². The highest BCUT2D eigenvalue weighted by Crippen LogP contribution is 2.34. The third-order valence-corrected chi connectivity index (χ3v) is 5.47. The number of amides is 1. The minimum absolute atomic E-state index is 0.0826. The van der Waals surface area contributed by atoms with E-state index in [9.17, 15) is 19.8 Å². The fraction of sp³-hybridized carbons (Fsp3) is 0.556. The number of aliphatic hydroxyl groups excluding tert-OH is 2. The number of carbonyl (C=O) groups excluding carboxylic acids is 1. The maximum atomic E-state index is 13.4. The summed E-state index contributed by atoms with van der Waals surface area (Å²) in [7, 11) is 0. The molecule has 1 heterocycles. The van der Waals surface area contributed by atoms with Gasteiger partial charge >= 0.3 is 6.09 Å². The van der Waals surface area contributed by atoms with Crippen molar-refractivity contribution in [2.75, 3.05) is 11.6 Å². The topological polar surface area (TPSA) is 101 Å². The molecule has 0 radical (unpaired) electrons. The number of hydrogen-bond donors (Lipinski definition) is 2. The first kappa shape index (κ1) is 28.4. The molecule has 0 bridgehead atoms. The van der Waals surface area contributed by atoms with Crippen molar-refractivity contribution in [3.63, 3.8) is 0 Å². The van der Waals surface area contributed by atoms with Gasteiger partial charge in [0, 0.05) is 24.8 Å². The van der Waals surface area contributed by atoms with E-state index in [1.807, 2.05) is 65.0 Å². The first-order valence-electron chi connectivity index (χ1n) is 11.9. The van der Waals surface area contributed by atoms with Crippen LogP contribution in [0.2, 0.25) is 0 Å². The van der Waals surface area contributed by atoms with E-state index in [4.69, 9.17) is 9.47 Å². The van der Waals surface area contributed by atoms with Crippen LogP contribution < -0.4 is 15.2 Å². The summed E-state index contributed by atoms with van der Waals surface area (Å²) in [5.41, 5.74) is -1.08. The molecule has 194 valence electrons. The number of aromatic nitrogens is 1. The van der Waals surface area contributed by atoms with Gasteiger partial charge in [0.05, 0.1) is 5.54 Å². The van der Waals surface area contributed by atoms with Gasteiger partial charge in [0.25, 0.3) is 0 Å². The molecule has 0 aliphatic carbocycles. The van der Waals surface area contributed by atoms with E-state index in [-0.39, 0.29) is 30.6 Å². The van der Waals surface area contributed by atoms with Gasteiger partial charge in [0.1, 0.15) is 24.0 Å². The molecule has 0 saturated heterocycles. The van der Waals surface area contributed by atoms with Crippen LogP contribution in [0.15, 0.2) is 47.4 Å². The molecule has 2 aromatic rings. The zero-order chi connectivity index (χ0) is 26.6. The summed E-state index contributed by atoms with van der Waals surface area (Å²) in [4.78, 5) is 26.4. The Labute approximate surface area is 208 Å². The Morgan fingerprint density at radius 3 is 2.14 bits per heavy atom. The smallest absolute Gasteiger partial charge is 0.430 e. The lowest BCUT2D eigenvalue weighted by Gasteiger charge is -2.40. The molecule has 0 saturated carbocycles. The van der Waals surface area contributed by atoms with Gasteiger partial charge in [-0.3, -0.25) is 9.47 Å². The summed E-state index contributed by atoms with van der Waals surface area (Å²) in [6.45, 7) is 14.3. The van der Waals surface area contributed by atoms with Crippen LogP contribution >= 0.6 is 0 Å². The van der Waals surface area contributed by atoms with Gasteiger partial charge in [-0.25, -0.2) is 9.80 Å². The molecule has 8 heteroatoms. The van der Waals surface area contributed by atoms with Gasteiger partial charge in [0.2, 0.25) is 5.43 Å². The number of nitrogens with zero attached hydrogens (tertiary/aromatic N) is 2. The lowest BCUT2D eigenvalue weighted by molar-refractivity contribution is 0.0286. The summed E-state index contributed by atoms with van der Waals surface area (Å²) in [5.74, 6) is -0.811. The van der Waals surface area contributed by atoms with Crippen LogP contribution in [0.1, 0.15) is 72.8 Å². The zero-order valence-electron chi connectivity index (χ0n) is 22.1. The Morgan fingerprint density at radius 1 is 1.06 bits per heavy atom. The lowest BCUT2D eigenvalue weighted by atomic mass is 9.88. The third kappa shape index (κ3) is 7.32. The summed E-state index contributed by atoms with van der Waals surface area (Å²) in [6, 6.07) is 10.6. The van der Waals surface area contributed by atoms with Crippen molar-refractivity contribution in [3.8, 4) is 5.75 Å². The molecule has 2 rings (SSSR count). The Kier molecular flexibility index (Phi) is 9.14. The molecule has 2 unspecified atom stereocenters. The highest BCUT2D eigenvalue weighted by Gasteiger charge is 2.37. The van der Waals surface area contributed by atoms with Crippen LogP contribution in [-0.4, -0.2) is 38.7 Å². The van der Waals surface area contributed by atoms with Crippen LogP contribution in [0.4, 0.5) is 4.79 Å². The van der Waals surface area contributed by atoms with E-state index in [0.717, 1.165) is 5.56 Å². The lowest BCUT2D eigenvalue weighted by Crippen LogP contribution is -2.56. The Hall–Kier alpha value is -2.84. The molecular formula is C27H40N2O6. The van der Waals surface area contributed by atoms with Gasteiger partial charge < -0.3 is 19.7 Å². The second-order valence-corrected chi connectivity index (χ2v) is 11.0. The van der Waals surface area contributed by atoms with E-state index in [1.54, 1.807) is 20.8 Å². The first-order chi connectivity index (χ1) is 16.2. The van der Waals surface area contributed by atoms with Gasteiger partial charge in [-0.05, 0) is 53.0 Å². The van der Waals surface area contributed by atoms with Crippen LogP contribution in [-0.2, 0) is 11.3 Å². The maximum absolute atomic E-state index is 13.4. The molecule has 0 aliphatic heterocycles. The molecule has 2 N–H and O–H groups in total. The summed E-state index contributed by atoms with van der Waals surface area (Å²) >= 11 is 0. The molecule has 0 aliphatic rings. The van der Waals surface area contributed by atoms with Crippen LogP contribution in [0.3, 0.4) is 0 Å². The van der Waals surface area contributed by atoms with E-state index < -0.39 is 34.7 Å². The number of ether oxygens (including phenoxy) is 2. The molecule has 35 heavy (non-hydrogen) atoms. The first-order valence-corrected chi connectivity index (χ1v) is 11.9. The Bertz CT molecular complexity index is 1030. The number of benzene rings is 1. The molecule has 1 amide bonds. The van der Waals surface area contributed by atoms with Gasteiger partial charge in [-0.1, -0.05) is 44.2 Å². The van der Waals surface area contributed by atoms with E-state index in [2.05, 4.69) is 0 Å². The number of aliphatic hydroxyl groups is 2. The molecule has 1 aromatic heterocycles. The molecule has 1 aromatic carbocycles. The summed E-state index contributed by atoms with van der Waals surface area (Å²) in [6.07, 6.45) is -0.520. The zero-order valence-corrected chi connectivity index (χ0v) is 22.1. The minimum Gasteiger partial charge on any atom is -0.483 e. The second kappa shape index (κ2) is 11.3. The van der Waals surface area contributed by atoms with Crippen molar-refractivity contribution in [1.29, 1.82) is 0 Å². The van der Waals surface area contributed by atoms with Gasteiger partial charge in [0.15, 0.2) is 5.75 Å². The predicted molar refractivity (Wildman–Crippen MR) is 136 cm³/mol. The fourth-order valence-electron chi connectivity index (χ4n) is 3.71. The van der Waals surface area contributed by atoms with E-state index in [1.165, 1.54) is 21.9 Å². The fourth-order valence-corrected chi connectivity index (χ4v) is 3.71. The van der Waals surface area contributed by atoms with Crippen molar-refractivity contribution in [3.05, 3.63) is 64.1 Å². The number of hydrogen-bond acceptors (Lipinski definition) is 6. The van der Waals surface area contributed by atoms with Crippen molar-refractivity contribution in [2.24, 2.45) is 11.8 Å². The largest absolute Gasteiger partial charge is 0.483 e. The van der Waals surface area contributed by atoms with Gasteiger partial charge in [-0.2, -0.15) is 0 Å². The van der Waals surface area contributed by atoms with E-state index >= 15 is 0 Å². The third-order valence-electron chi connectivity index (χ3n) is 5.47. The Balaban J connectivity index is 2.75. The van der Waals surface area contributed by atoms with Crippen molar-refractivity contribution in [1.82, 2.24) is 4.68 Å². The quantitative estimate of drug-likeness (QED) is 0.571. The standard InChI is InChI=1S/C27H40N2O6/c1-18(2)20(16-30)23(32)22-24(34-17-19-12-10-9-11-13-19)21(31)14-15-28(22)29(26(3,4)5)25(33)35-27(6,7)8/h9-15,18,20,23,30,32H,16-17H2,1-8H3. The highest BCUT2D eigenvalue weighted by atomic mass is 16.6. The summed E-state index contributed by atoms with van der Waals surface area (Å²) in [5, 5.41) is 22.9. The number of pyridine rings is 1. The number of carbonyl (C=O) groups is 1. The number of rotatable bonds is 8. The molecule has 2 atom stereocenters. The SMILES string of the molecule is CC(C)C(CO)C(O)c1c(OCc2ccccc2)c(=O)ccn1N(C(=O)OC(C)(C)C)C(C)(C)C. The second-order valence-electron chi connectivity index (χ2n) is 11.0. The highest BCUT2D eigenvalue weighted by molar-refractivity contribution is 5.80. The Morgan fingerprint density at radius 2 is 1.66 bits per heavy atom. The predicted octanol–water partition coefficient (Wildman–Crippen LogP) is 4.40. The van der Waals surface area contributed by atoms with Crippen molar-refractivity contribution < 1.29 is 24.5 Å². The monoisotopic (exact) mass is 488 g/mol.